The van der Waals surface area contributed by atoms with Crippen molar-refractivity contribution in [3.8, 4) is 0 Å². The van der Waals surface area contributed by atoms with E-state index in [-0.39, 0.29) is 31.3 Å². The van der Waals surface area contributed by atoms with Gasteiger partial charge in [-0.2, -0.15) is 0 Å². The Bertz CT molecular complexity index is 615. The molecule has 1 fully saturated rings. The van der Waals surface area contributed by atoms with Crippen molar-refractivity contribution in [1.82, 2.24) is 15.5 Å². The Morgan fingerprint density at radius 1 is 1.11 bits per heavy atom. The molecular weight excluding hydrogens is 346 g/mol. The predicted molar refractivity (Wildman–Crippen MR) is 102 cm³/mol. The zero-order valence-electron chi connectivity index (χ0n) is 15.9. The fourth-order valence-electron chi connectivity index (χ4n) is 3.12. The summed E-state index contributed by atoms with van der Waals surface area (Å²) >= 11 is 0. The highest BCUT2D eigenvalue weighted by Crippen LogP contribution is 2.17. The van der Waals surface area contributed by atoms with Gasteiger partial charge in [-0.1, -0.05) is 30.3 Å². The molecule has 0 aromatic heterocycles. The molecule has 1 saturated heterocycles. The van der Waals surface area contributed by atoms with Crippen LogP contribution in [0.25, 0.3) is 0 Å². The van der Waals surface area contributed by atoms with Crippen LogP contribution in [0.15, 0.2) is 30.3 Å². The summed E-state index contributed by atoms with van der Waals surface area (Å²) in [5, 5.41) is 5.51. The van der Waals surface area contributed by atoms with Gasteiger partial charge in [-0.15, -0.1) is 0 Å². The molecule has 1 aliphatic rings. The van der Waals surface area contributed by atoms with E-state index in [2.05, 4.69) is 10.6 Å². The monoisotopic (exact) mass is 375 g/mol. The van der Waals surface area contributed by atoms with Crippen molar-refractivity contribution in [2.75, 3.05) is 26.2 Å². The first-order valence-electron chi connectivity index (χ1n) is 9.63. The Labute approximate surface area is 160 Å². The van der Waals surface area contributed by atoms with Crippen molar-refractivity contribution in [2.45, 2.75) is 45.1 Å². The van der Waals surface area contributed by atoms with E-state index in [0.29, 0.717) is 6.61 Å². The number of carbonyl (C=O) groups excluding carboxylic acids is 3. The smallest absolute Gasteiger partial charge is 0.315 e. The zero-order chi connectivity index (χ0) is 19.5. The molecule has 0 aliphatic carbocycles. The van der Waals surface area contributed by atoms with E-state index in [4.69, 9.17) is 4.74 Å². The number of rotatable bonds is 8. The molecule has 27 heavy (non-hydrogen) atoms. The topological polar surface area (TPSA) is 87.7 Å². The van der Waals surface area contributed by atoms with Gasteiger partial charge in [0.1, 0.15) is 0 Å². The van der Waals surface area contributed by atoms with Gasteiger partial charge in [-0.25, -0.2) is 4.79 Å². The van der Waals surface area contributed by atoms with Crippen molar-refractivity contribution in [2.24, 2.45) is 0 Å². The second-order valence-corrected chi connectivity index (χ2v) is 6.56. The molecule has 2 rings (SSSR count). The Kier molecular flexibility index (Phi) is 8.61. The molecule has 0 unspecified atom stereocenters. The number of nitrogens with one attached hydrogen (secondary N) is 2. The third-order valence-electron chi connectivity index (χ3n) is 4.52. The Balaban J connectivity index is 1.81. The van der Waals surface area contributed by atoms with Gasteiger partial charge in [-0.05, 0) is 31.7 Å². The number of nitrogens with zero attached hydrogens (tertiary/aromatic N) is 1. The first-order valence-corrected chi connectivity index (χ1v) is 9.63. The summed E-state index contributed by atoms with van der Waals surface area (Å²) in [4.78, 5) is 38.1. The molecule has 7 heteroatoms. The Morgan fingerprint density at radius 2 is 1.81 bits per heavy atom. The minimum absolute atomic E-state index is 0.0536. The maximum Gasteiger partial charge on any atom is 0.315 e. The van der Waals surface area contributed by atoms with Crippen LogP contribution in [0, 0.1) is 0 Å². The van der Waals surface area contributed by atoms with Crippen LogP contribution < -0.4 is 10.6 Å². The van der Waals surface area contributed by atoms with Crippen molar-refractivity contribution in [1.29, 1.82) is 0 Å². The highest BCUT2D eigenvalue weighted by molar-refractivity contribution is 5.79. The maximum absolute atomic E-state index is 12.2. The summed E-state index contributed by atoms with van der Waals surface area (Å²) in [6, 6.07) is 8.39. The SMILES string of the molecule is CCOC(=O)C[C@H](NC(=O)NCCC(=O)N1CCCCC1)c1ccccc1. The molecular formula is C20H29N3O4. The molecule has 3 amide bonds. The molecule has 1 heterocycles. The van der Waals surface area contributed by atoms with Crippen LogP contribution in [-0.4, -0.2) is 49.0 Å². The summed E-state index contributed by atoms with van der Waals surface area (Å²) in [5.74, 6) is -0.298. The van der Waals surface area contributed by atoms with Gasteiger partial charge in [-0.3, -0.25) is 9.59 Å². The quantitative estimate of drug-likeness (QED) is 0.683. The standard InChI is InChI=1S/C20H29N3O4/c1-2-27-19(25)15-17(16-9-5-3-6-10-16)22-20(26)21-12-11-18(24)23-13-7-4-8-14-23/h3,5-6,9-10,17H,2,4,7-8,11-15H2,1H3,(H2,21,22,26)/t17-/m0/s1. The molecule has 0 saturated carbocycles. The second-order valence-electron chi connectivity index (χ2n) is 6.56. The van der Waals surface area contributed by atoms with E-state index in [1.54, 1.807) is 6.92 Å². The lowest BCUT2D eigenvalue weighted by atomic mass is 10.0. The average Bonchev–Trinajstić information content (AvgIpc) is 2.69. The van der Waals surface area contributed by atoms with Crippen molar-refractivity contribution >= 4 is 17.9 Å². The van der Waals surface area contributed by atoms with Crippen LogP contribution in [0.3, 0.4) is 0 Å². The van der Waals surface area contributed by atoms with Gasteiger partial charge in [0.25, 0.3) is 0 Å². The normalized spacial score (nSPS) is 14.9. The first kappa shape index (κ1) is 20.7. The van der Waals surface area contributed by atoms with Gasteiger partial charge in [0.2, 0.25) is 5.91 Å². The van der Waals surface area contributed by atoms with E-state index < -0.39 is 12.1 Å². The van der Waals surface area contributed by atoms with Gasteiger partial charge in [0, 0.05) is 26.1 Å². The lowest BCUT2D eigenvalue weighted by Crippen LogP contribution is -2.41. The van der Waals surface area contributed by atoms with E-state index >= 15 is 0 Å². The molecule has 1 atom stereocenters. The molecule has 1 aromatic carbocycles. The number of ether oxygens (including phenoxy) is 1. The maximum atomic E-state index is 12.2. The fourth-order valence-corrected chi connectivity index (χ4v) is 3.12. The first-order chi connectivity index (χ1) is 13.1. The summed E-state index contributed by atoms with van der Waals surface area (Å²) in [6.45, 7) is 3.92. The van der Waals surface area contributed by atoms with Crippen LogP contribution >= 0.6 is 0 Å². The average molecular weight is 375 g/mol. The third-order valence-corrected chi connectivity index (χ3v) is 4.52. The number of hydrogen-bond acceptors (Lipinski definition) is 4. The molecule has 148 valence electrons. The molecule has 0 radical (unpaired) electrons. The molecule has 1 aromatic rings. The van der Waals surface area contributed by atoms with E-state index in [0.717, 1.165) is 31.5 Å². The number of urea groups is 1. The number of benzene rings is 1. The number of likely N-dealkylation sites (tertiary alicyclic amines) is 1. The highest BCUT2D eigenvalue weighted by Gasteiger charge is 2.20. The number of carbonyl (C=O) groups is 3. The number of amides is 3. The van der Waals surface area contributed by atoms with Crippen molar-refractivity contribution in [3.63, 3.8) is 0 Å². The van der Waals surface area contributed by atoms with Crippen LogP contribution in [0.2, 0.25) is 0 Å². The predicted octanol–water partition coefficient (Wildman–Crippen LogP) is 2.38. The van der Waals surface area contributed by atoms with Gasteiger partial charge >= 0.3 is 12.0 Å². The van der Waals surface area contributed by atoms with Crippen LogP contribution in [0.1, 0.15) is 50.6 Å². The second kappa shape index (κ2) is 11.2. The number of hydrogen-bond donors (Lipinski definition) is 2. The number of piperidine rings is 1. The fraction of sp³-hybridized carbons (Fsp3) is 0.550. The van der Waals surface area contributed by atoms with Crippen molar-refractivity contribution < 1.29 is 19.1 Å². The van der Waals surface area contributed by atoms with Crippen LogP contribution in [0.4, 0.5) is 4.79 Å². The minimum atomic E-state index is -0.483. The van der Waals surface area contributed by atoms with Gasteiger partial charge < -0.3 is 20.3 Å². The largest absolute Gasteiger partial charge is 0.466 e. The van der Waals surface area contributed by atoms with Crippen LogP contribution in [-0.2, 0) is 14.3 Å². The Morgan fingerprint density at radius 3 is 2.48 bits per heavy atom. The van der Waals surface area contributed by atoms with E-state index in [9.17, 15) is 14.4 Å². The summed E-state index contributed by atoms with van der Waals surface area (Å²) in [6.07, 6.45) is 3.60. The molecule has 2 N–H and O–H groups in total. The van der Waals surface area contributed by atoms with Crippen molar-refractivity contribution in [3.05, 3.63) is 35.9 Å². The lowest BCUT2D eigenvalue weighted by molar-refractivity contribution is -0.143. The summed E-state index contributed by atoms with van der Waals surface area (Å²) in [7, 11) is 0. The van der Waals surface area contributed by atoms with Gasteiger partial charge in [0.15, 0.2) is 0 Å². The summed E-state index contributed by atoms with van der Waals surface area (Å²) in [5.41, 5.74) is 0.824. The third kappa shape index (κ3) is 7.29. The lowest BCUT2D eigenvalue weighted by Gasteiger charge is -2.26. The minimum Gasteiger partial charge on any atom is -0.466 e. The zero-order valence-corrected chi connectivity index (χ0v) is 15.9. The van der Waals surface area contributed by atoms with E-state index in [1.807, 2.05) is 35.2 Å². The Hall–Kier alpha value is -2.57. The van der Waals surface area contributed by atoms with Gasteiger partial charge in [0.05, 0.1) is 19.1 Å². The highest BCUT2D eigenvalue weighted by atomic mass is 16.5. The summed E-state index contributed by atoms with van der Waals surface area (Å²) < 4.78 is 4.99. The molecule has 0 spiro atoms. The molecule has 1 aliphatic heterocycles. The molecule has 7 nitrogen and oxygen atoms in total. The number of esters is 1. The molecule has 0 bridgehead atoms. The van der Waals surface area contributed by atoms with Crippen LogP contribution in [0.5, 0.6) is 0 Å². The van der Waals surface area contributed by atoms with E-state index in [1.165, 1.54) is 6.42 Å².